The van der Waals surface area contributed by atoms with Crippen LogP contribution in [0.15, 0.2) is 36.5 Å². The molecule has 2 heterocycles. The third kappa shape index (κ3) is 2.13. The van der Waals surface area contributed by atoms with Crippen LogP contribution in [0.5, 0.6) is 0 Å². The first kappa shape index (κ1) is 11.9. The Morgan fingerprint density at radius 1 is 1.32 bits per heavy atom. The summed E-state index contributed by atoms with van der Waals surface area (Å²) >= 11 is 5.80. The van der Waals surface area contributed by atoms with Gasteiger partial charge in [-0.2, -0.15) is 0 Å². The molecular weight excluding hydrogens is 267 g/mol. The van der Waals surface area contributed by atoms with Crippen LogP contribution >= 0.6 is 11.6 Å². The molecule has 0 spiro atoms. The van der Waals surface area contributed by atoms with E-state index in [9.17, 15) is 4.39 Å². The van der Waals surface area contributed by atoms with Crippen molar-refractivity contribution in [2.75, 3.05) is 5.73 Å². The van der Waals surface area contributed by atoms with Gasteiger partial charge in [-0.25, -0.2) is 9.37 Å². The molecule has 2 aromatic heterocycles. The van der Waals surface area contributed by atoms with Crippen LogP contribution in [0.1, 0.15) is 5.69 Å². The quantitative estimate of drug-likeness (QED) is 0.783. The maximum absolute atomic E-state index is 13.4. The molecule has 0 saturated carbocycles. The van der Waals surface area contributed by atoms with Gasteiger partial charge in [-0.3, -0.25) is 4.98 Å². The Bertz CT molecular complexity index is 739. The molecule has 0 fully saturated rings. The Balaban J connectivity index is 2.13. The first-order chi connectivity index (χ1) is 9.15. The number of hydrogen-bond donors (Lipinski definition) is 1. The number of imidazole rings is 1. The van der Waals surface area contributed by atoms with Crippen molar-refractivity contribution in [3.8, 4) is 0 Å². The molecule has 6 heteroatoms. The van der Waals surface area contributed by atoms with E-state index in [1.807, 2.05) is 18.2 Å². The number of benzene rings is 1. The largest absolute Gasteiger partial charge is 0.369 e. The molecule has 0 unspecified atom stereocenters. The normalized spacial score (nSPS) is 11.1. The standard InChI is InChI=1S/C13H10ClFN4/c14-9-5-12-11(6-10(9)15)18-13(16)19(12)7-8-3-1-2-4-17-8/h1-6H,7H2,(H2,16,18). The highest BCUT2D eigenvalue weighted by Gasteiger charge is 2.12. The molecule has 0 aliphatic carbocycles. The van der Waals surface area contributed by atoms with Crippen molar-refractivity contribution in [2.24, 2.45) is 0 Å². The first-order valence-electron chi connectivity index (χ1n) is 5.66. The number of anilines is 1. The average molecular weight is 277 g/mol. The fourth-order valence-electron chi connectivity index (χ4n) is 1.96. The number of nitrogens with two attached hydrogens (primary N) is 1. The second kappa shape index (κ2) is 4.51. The van der Waals surface area contributed by atoms with Gasteiger partial charge in [0.2, 0.25) is 5.95 Å². The predicted octanol–water partition coefficient (Wildman–Crippen LogP) is 2.85. The summed E-state index contributed by atoms with van der Waals surface area (Å²) in [6.07, 6.45) is 1.71. The second-order valence-corrected chi connectivity index (χ2v) is 4.54. The van der Waals surface area contributed by atoms with Crippen LogP contribution in [-0.4, -0.2) is 14.5 Å². The third-order valence-electron chi connectivity index (χ3n) is 2.87. The van der Waals surface area contributed by atoms with Crippen molar-refractivity contribution in [1.29, 1.82) is 0 Å². The van der Waals surface area contributed by atoms with Crippen LogP contribution in [0, 0.1) is 5.82 Å². The molecule has 0 amide bonds. The van der Waals surface area contributed by atoms with E-state index in [4.69, 9.17) is 17.3 Å². The predicted molar refractivity (Wildman–Crippen MR) is 72.5 cm³/mol. The molecule has 0 atom stereocenters. The number of aromatic nitrogens is 3. The number of pyridine rings is 1. The number of fused-ring (bicyclic) bond motifs is 1. The van der Waals surface area contributed by atoms with Gasteiger partial charge in [-0.1, -0.05) is 17.7 Å². The highest BCUT2D eigenvalue weighted by molar-refractivity contribution is 6.31. The Morgan fingerprint density at radius 2 is 2.16 bits per heavy atom. The maximum atomic E-state index is 13.4. The lowest BCUT2D eigenvalue weighted by molar-refractivity contribution is 0.629. The zero-order chi connectivity index (χ0) is 13.4. The SMILES string of the molecule is Nc1nc2cc(F)c(Cl)cc2n1Cc1ccccn1. The topological polar surface area (TPSA) is 56.7 Å². The van der Waals surface area contributed by atoms with Crippen LogP contribution in [0.2, 0.25) is 5.02 Å². The molecule has 0 aliphatic rings. The van der Waals surface area contributed by atoms with Gasteiger partial charge in [-0.15, -0.1) is 0 Å². The van der Waals surface area contributed by atoms with Gasteiger partial charge in [0, 0.05) is 12.3 Å². The summed E-state index contributed by atoms with van der Waals surface area (Å²) in [4.78, 5) is 8.36. The van der Waals surface area contributed by atoms with Crippen molar-refractivity contribution in [2.45, 2.75) is 6.54 Å². The lowest BCUT2D eigenvalue weighted by Gasteiger charge is -2.06. The summed E-state index contributed by atoms with van der Waals surface area (Å²) in [5.41, 5.74) is 7.87. The second-order valence-electron chi connectivity index (χ2n) is 4.13. The maximum Gasteiger partial charge on any atom is 0.201 e. The summed E-state index contributed by atoms with van der Waals surface area (Å²) in [6, 6.07) is 8.42. The fraction of sp³-hybridized carbons (Fsp3) is 0.0769. The number of halogens is 2. The molecule has 3 aromatic rings. The lowest BCUT2D eigenvalue weighted by atomic mass is 10.3. The molecule has 3 rings (SSSR count). The average Bonchev–Trinajstić information content (AvgIpc) is 2.68. The Kier molecular flexibility index (Phi) is 2.83. The van der Waals surface area contributed by atoms with E-state index in [0.717, 1.165) is 5.69 Å². The lowest BCUT2D eigenvalue weighted by Crippen LogP contribution is -2.05. The molecule has 1 aromatic carbocycles. The summed E-state index contributed by atoms with van der Waals surface area (Å²) in [6.45, 7) is 0.463. The molecule has 0 bridgehead atoms. The van der Waals surface area contributed by atoms with Crippen molar-refractivity contribution in [3.05, 3.63) is 53.1 Å². The summed E-state index contributed by atoms with van der Waals surface area (Å²) in [7, 11) is 0. The molecule has 0 radical (unpaired) electrons. The van der Waals surface area contributed by atoms with Crippen molar-refractivity contribution < 1.29 is 4.39 Å². The van der Waals surface area contributed by atoms with Gasteiger partial charge in [0.25, 0.3) is 0 Å². The molecular formula is C13H10ClFN4. The number of nitrogen functional groups attached to an aromatic ring is 1. The fourth-order valence-corrected chi connectivity index (χ4v) is 2.12. The van der Waals surface area contributed by atoms with E-state index < -0.39 is 5.82 Å². The van der Waals surface area contributed by atoms with Crippen molar-refractivity contribution >= 4 is 28.6 Å². The van der Waals surface area contributed by atoms with E-state index in [0.29, 0.717) is 23.5 Å². The molecule has 2 N–H and O–H groups in total. The van der Waals surface area contributed by atoms with Gasteiger partial charge in [0.05, 0.1) is 28.3 Å². The zero-order valence-corrected chi connectivity index (χ0v) is 10.6. The third-order valence-corrected chi connectivity index (χ3v) is 3.16. The highest BCUT2D eigenvalue weighted by atomic mass is 35.5. The van der Waals surface area contributed by atoms with Gasteiger partial charge < -0.3 is 10.3 Å². The molecule has 4 nitrogen and oxygen atoms in total. The van der Waals surface area contributed by atoms with E-state index in [-0.39, 0.29) is 5.02 Å². The summed E-state index contributed by atoms with van der Waals surface area (Å²) in [5.74, 6) is -0.195. The summed E-state index contributed by atoms with van der Waals surface area (Å²) in [5, 5.41) is 0.0506. The minimum atomic E-state index is -0.503. The van der Waals surface area contributed by atoms with Gasteiger partial charge in [-0.05, 0) is 18.2 Å². The van der Waals surface area contributed by atoms with Gasteiger partial charge in [0.15, 0.2) is 0 Å². The summed E-state index contributed by atoms with van der Waals surface area (Å²) < 4.78 is 15.1. The molecule has 19 heavy (non-hydrogen) atoms. The van der Waals surface area contributed by atoms with Crippen molar-refractivity contribution in [1.82, 2.24) is 14.5 Å². The number of rotatable bonds is 2. The Hall–Kier alpha value is -2.14. The van der Waals surface area contributed by atoms with E-state index in [2.05, 4.69) is 9.97 Å². The zero-order valence-electron chi connectivity index (χ0n) is 9.85. The molecule has 96 valence electrons. The van der Waals surface area contributed by atoms with Gasteiger partial charge in [0.1, 0.15) is 5.82 Å². The van der Waals surface area contributed by atoms with Crippen LogP contribution in [0.4, 0.5) is 10.3 Å². The molecule has 0 saturated heterocycles. The number of hydrogen-bond acceptors (Lipinski definition) is 3. The monoisotopic (exact) mass is 276 g/mol. The van der Waals surface area contributed by atoms with Crippen LogP contribution in [0.25, 0.3) is 11.0 Å². The van der Waals surface area contributed by atoms with Crippen LogP contribution < -0.4 is 5.73 Å². The Labute approximate surface area is 113 Å². The van der Waals surface area contributed by atoms with E-state index in [1.54, 1.807) is 10.8 Å². The minimum Gasteiger partial charge on any atom is -0.369 e. The van der Waals surface area contributed by atoms with E-state index >= 15 is 0 Å². The van der Waals surface area contributed by atoms with Crippen molar-refractivity contribution in [3.63, 3.8) is 0 Å². The van der Waals surface area contributed by atoms with E-state index in [1.165, 1.54) is 12.1 Å². The number of nitrogens with zero attached hydrogens (tertiary/aromatic N) is 3. The van der Waals surface area contributed by atoms with Crippen LogP contribution in [-0.2, 0) is 6.54 Å². The molecule has 0 aliphatic heterocycles. The van der Waals surface area contributed by atoms with Crippen LogP contribution in [0.3, 0.4) is 0 Å². The van der Waals surface area contributed by atoms with Gasteiger partial charge >= 0.3 is 0 Å². The Morgan fingerprint density at radius 3 is 2.89 bits per heavy atom. The first-order valence-corrected chi connectivity index (χ1v) is 6.03. The highest BCUT2D eigenvalue weighted by Crippen LogP contribution is 2.25. The smallest absolute Gasteiger partial charge is 0.201 e. The minimum absolute atomic E-state index is 0.0506.